The van der Waals surface area contributed by atoms with Gasteiger partial charge in [-0.2, -0.15) is 5.26 Å². The molecule has 2 atom stereocenters. The number of nitrogens with one attached hydrogen (secondary N) is 1. The van der Waals surface area contributed by atoms with Gasteiger partial charge in [0.05, 0.1) is 16.9 Å². The van der Waals surface area contributed by atoms with Crippen LogP contribution in [0, 0.1) is 17.1 Å². The number of hydrogen-bond donors (Lipinski definition) is 1. The Morgan fingerprint density at radius 3 is 2.76 bits per heavy atom. The molecule has 1 heterocycles. The third-order valence-corrected chi connectivity index (χ3v) is 5.26. The summed E-state index contributed by atoms with van der Waals surface area (Å²) in [7, 11) is -3.40. The van der Waals surface area contributed by atoms with Gasteiger partial charge in [0.15, 0.2) is 9.84 Å². The van der Waals surface area contributed by atoms with Crippen LogP contribution in [0.2, 0.25) is 0 Å². The van der Waals surface area contributed by atoms with E-state index in [1.165, 1.54) is 6.07 Å². The molecular weight excluding hydrogens is 243 g/mol. The lowest BCUT2D eigenvalue weighted by Gasteiger charge is -2.12. The molecular formula is C11H11FN2O2S. The molecule has 1 aromatic rings. The van der Waals surface area contributed by atoms with Crippen molar-refractivity contribution >= 4 is 9.84 Å². The fourth-order valence-corrected chi connectivity index (χ4v) is 3.55. The molecule has 1 aliphatic rings. The topological polar surface area (TPSA) is 70.0 Å². The Morgan fingerprint density at radius 1 is 1.53 bits per heavy atom. The predicted molar refractivity (Wildman–Crippen MR) is 60.2 cm³/mol. The van der Waals surface area contributed by atoms with Crippen LogP contribution in [-0.4, -0.2) is 20.2 Å². The van der Waals surface area contributed by atoms with E-state index in [9.17, 15) is 12.8 Å². The zero-order chi connectivity index (χ0) is 12.6. The summed E-state index contributed by atoms with van der Waals surface area (Å²) in [6.45, 7) is 1.90. The molecule has 0 aliphatic carbocycles. The smallest absolute Gasteiger partial charge is 0.174 e. The van der Waals surface area contributed by atoms with Crippen LogP contribution >= 0.6 is 0 Å². The molecule has 17 heavy (non-hydrogen) atoms. The lowest BCUT2D eigenvalue weighted by Crippen LogP contribution is -2.20. The molecule has 1 aliphatic heterocycles. The summed E-state index contributed by atoms with van der Waals surface area (Å²) in [5.41, 5.74) is 0.374. The first kappa shape index (κ1) is 12.0. The second-order valence-electron chi connectivity index (χ2n) is 4.03. The van der Waals surface area contributed by atoms with Crippen molar-refractivity contribution in [2.75, 3.05) is 6.54 Å². The third-order valence-electron chi connectivity index (χ3n) is 2.90. The Balaban J connectivity index is 2.56. The Kier molecular flexibility index (Phi) is 2.89. The maximum Gasteiger partial charge on any atom is 0.174 e. The SMILES string of the molecule is CC1CNC(c2cc(F)ccc2C#N)S1(=O)=O. The summed E-state index contributed by atoms with van der Waals surface area (Å²) >= 11 is 0. The van der Waals surface area contributed by atoms with Gasteiger partial charge in [-0.15, -0.1) is 0 Å². The summed E-state index contributed by atoms with van der Waals surface area (Å²) < 4.78 is 37.1. The largest absolute Gasteiger partial charge is 0.296 e. The predicted octanol–water partition coefficient (Wildman–Crippen LogP) is 1.10. The molecule has 2 unspecified atom stereocenters. The third kappa shape index (κ3) is 1.92. The zero-order valence-electron chi connectivity index (χ0n) is 9.14. The van der Waals surface area contributed by atoms with Gasteiger partial charge in [0.2, 0.25) is 0 Å². The second kappa shape index (κ2) is 4.09. The molecule has 2 rings (SSSR count). The van der Waals surface area contributed by atoms with E-state index in [-0.39, 0.29) is 11.1 Å². The van der Waals surface area contributed by atoms with E-state index in [1.807, 2.05) is 6.07 Å². The summed E-state index contributed by atoms with van der Waals surface area (Å²) in [4.78, 5) is 0. The van der Waals surface area contributed by atoms with Crippen molar-refractivity contribution in [2.45, 2.75) is 17.5 Å². The fourth-order valence-electron chi connectivity index (χ4n) is 1.88. The Bertz CT molecular complexity index is 592. The summed E-state index contributed by atoms with van der Waals surface area (Å²) in [6.07, 6.45) is 0. The molecule has 90 valence electrons. The molecule has 0 saturated carbocycles. The van der Waals surface area contributed by atoms with Gasteiger partial charge in [-0.25, -0.2) is 12.8 Å². The van der Waals surface area contributed by atoms with Crippen LogP contribution in [0.5, 0.6) is 0 Å². The second-order valence-corrected chi connectivity index (χ2v) is 6.49. The molecule has 1 saturated heterocycles. The molecule has 0 spiro atoms. The minimum absolute atomic E-state index is 0.182. The molecule has 0 aromatic heterocycles. The van der Waals surface area contributed by atoms with Crippen LogP contribution in [0.1, 0.15) is 23.4 Å². The van der Waals surface area contributed by atoms with E-state index < -0.39 is 26.3 Å². The van der Waals surface area contributed by atoms with Crippen LogP contribution < -0.4 is 5.32 Å². The Morgan fingerprint density at radius 2 is 2.24 bits per heavy atom. The first-order valence-corrected chi connectivity index (χ1v) is 6.73. The van der Waals surface area contributed by atoms with Crippen LogP contribution in [0.15, 0.2) is 18.2 Å². The normalized spacial score (nSPS) is 26.6. The van der Waals surface area contributed by atoms with E-state index in [0.717, 1.165) is 12.1 Å². The van der Waals surface area contributed by atoms with Gasteiger partial charge in [-0.3, -0.25) is 5.32 Å². The van der Waals surface area contributed by atoms with Crippen molar-refractivity contribution in [3.63, 3.8) is 0 Å². The van der Waals surface area contributed by atoms with Gasteiger partial charge in [0.25, 0.3) is 0 Å². The van der Waals surface area contributed by atoms with Crippen molar-refractivity contribution in [1.82, 2.24) is 5.32 Å². The van der Waals surface area contributed by atoms with Crippen LogP contribution in [0.25, 0.3) is 0 Å². The highest BCUT2D eigenvalue weighted by molar-refractivity contribution is 7.92. The number of halogens is 1. The average Bonchev–Trinajstić information content (AvgIpc) is 2.54. The maximum absolute atomic E-state index is 13.2. The highest BCUT2D eigenvalue weighted by atomic mass is 32.2. The standard InChI is InChI=1S/C11H11FN2O2S/c1-7-6-14-11(17(7,15)16)10-4-9(12)3-2-8(10)5-13/h2-4,7,11,14H,6H2,1H3. The van der Waals surface area contributed by atoms with Gasteiger partial charge in [-0.1, -0.05) is 0 Å². The molecule has 0 bridgehead atoms. The van der Waals surface area contributed by atoms with Crippen molar-refractivity contribution in [2.24, 2.45) is 0 Å². The Hall–Kier alpha value is -1.45. The highest BCUT2D eigenvalue weighted by Gasteiger charge is 2.39. The summed E-state index contributed by atoms with van der Waals surface area (Å²) in [5.74, 6) is -0.546. The molecule has 1 aromatic carbocycles. The average molecular weight is 254 g/mol. The van der Waals surface area contributed by atoms with E-state index in [4.69, 9.17) is 5.26 Å². The quantitative estimate of drug-likeness (QED) is 0.814. The summed E-state index contributed by atoms with van der Waals surface area (Å²) in [5, 5.41) is 10.2. The van der Waals surface area contributed by atoms with Gasteiger partial charge in [0, 0.05) is 12.1 Å². The first-order chi connectivity index (χ1) is 7.96. The van der Waals surface area contributed by atoms with E-state index in [1.54, 1.807) is 6.92 Å². The highest BCUT2D eigenvalue weighted by Crippen LogP contribution is 2.30. The van der Waals surface area contributed by atoms with E-state index >= 15 is 0 Å². The maximum atomic E-state index is 13.2. The number of rotatable bonds is 1. The number of hydrogen-bond acceptors (Lipinski definition) is 4. The number of nitrogens with zero attached hydrogens (tertiary/aromatic N) is 1. The minimum atomic E-state index is -3.40. The summed E-state index contributed by atoms with van der Waals surface area (Å²) in [6, 6.07) is 5.43. The minimum Gasteiger partial charge on any atom is -0.296 e. The molecule has 6 heteroatoms. The van der Waals surface area contributed by atoms with Crippen LogP contribution in [0.4, 0.5) is 4.39 Å². The van der Waals surface area contributed by atoms with Crippen LogP contribution in [0.3, 0.4) is 0 Å². The number of nitriles is 1. The van der Waals surface area contributed by atoms with Crippen LogP contribution in [-0.2, 0) is 9.84 Å². The molecule has 4 nitrogen and oxygen atoms in total. The van der Waals surface area contributed by atoms with Crippen molar-refractivity contribution < 1.29 is 12.8 Å². The lowest BCUT2D eigenvalue weighted by molar-refractivity contribution is 0.581. The van der Waals surface area contributed by atoms with Gasteiger partial charge in [0.1, 0.15) is 11.2 Å². The number of benzene rings is 1. The monoisotopic (exact) mass is 254 g/mol. The van der Waals surface area contributed by atoms with E-state index in [0.29, 0.717) is 6.54 Å². The number of sulfone groups is 1. The Labute approximate surface area is 99.0 Å². The van der Waals surface area contributed by atoms with Gasteiger partial charge in [-0.05, 0) is 25.1 Å². The van der Waals surface area contributed by atoms with Crippen molar-refractivity contribution in [1.29, 1.82) is 5.26 Å². The zero-order valence-corrected chi connectivity index (χ0v) is 9.96. The van der Waals surface area contributed by atoms with Gasteiger partial charge < -0.3 is 0 Å². The van der Waals surface area contributed by atoms with Crippen molar-refractivity contribution in [3.05, 3.63) is 35.1 Å². The fraction of sp³-hybridized carbons (Fsp3) is 0.364. The van der Waals surface area contributed by atoms with E-state index in [2.05, 4.69) is 5.32 Å². The molecule has 1 N–H and O–H groups in total. The molecule has 1 fully saturated rings. The molecule has 0 radical (unpaired) electrons. The first-order valence-electron chi connectivity index (χ1n) is 5.12. The lowest BCUT2D eigenvalue weighted by atomic mass is 10.1. The molecule has 0 amide bonds. The van der Waals surface area contributed by atoms with Crippen molar-refractivity contribution in [3.8, 4) is 6.07 Å². The van der Waals surface area contributed by atoms with Gasteiger partial charge >= 0.3 is 0 Å².